The largest absolute Gasteiger partial charge is 0.442 e. The number of fused-ring (bicyclic) bond motifs is 1. The number of aromatic nitrogens is 5. The predicted octanol–water partition coefficient (Wildman–Crippen LogP) is 1.32. The second kappa shape index (κ2) is 5.53. The molecule has 0 saturated carbocycles. The lowest BCUT2D eigenvalue weighted by atomic mass is 10.2. The highest BCUT2D eigenvalue weighted by molar-refractivity contribution is 7.15. The zero-order valence-corrected chi connectivity index (χ0v) is 13.4. The summed E-state index contributed by atoms with van der Waals surface area (Å²) in [5.74, 6) is -0.268. The molecule has 0 aromatic carbocycles. The van der Waals surface area contributed by atoms with E-state index in [-0.39, 0.29) is 12.1 Å². The van der Waals surface area contributed by atoms with Crippen molar-refractivity contribution in [3.63, 3.8) is 0 Å². The summed E-state index contributed by atoms with van der Waals surface area (Å²) in [5, 5.41) is 5.66. The molecule has 0 unspecified atom stereocenters. The molecule has 24 heavy (non-hydrogen) atoms. The van der Waals surface area contributed by atoms with Gasteiger partial charge in [0.1, 0.15) is 0 Å². The minimum absolute atomic E-state index is 0.0925. The van der Waals surface area contributed by atoms with Gasteiger partial charge in [0.05, 0.1) is 12.2 Å². The Labute approximate surface area is 138 Å². The molecule has 0 amide bonds. The number of aryl methyl sites for hydroxylation is 1. The lowest BCUT2D eigenvalue weighted by molar-refractivity contribution is 0.378. The van der Waals surface area contributed by atoms with Gasteiger partial charge in [-0.15, -0.1) is 11.3 Å². The van der Waals surface area contributed by atoms with Crippen molar-refractivity contribution in [2.45, 2.75) is 13.5 Å². The first-order valence-electron chi connectivity index (χ1n) is 7.07. The number of thiazole rings is 1. The Bertz CT molecular complexity index is 1140. The van der Waals surface area contributed by atoms with Crippen molar-refractivity contribution < 1.29 is 4.52 Å². The first-order chi connectivity index (χ1) is 11.6. The van der Waals surface area contributed by atoms with Crippen LogP contribution in [0, 0.1) is 6.92 Å². The summed E-state index contributed by atoms with van der Waals surface area (Å²) >= 11 is 1.38. The highest BCUT2D eigenvalue weighted by atomic mass is 32.1. The van der Waals surface area contributed by atoms with Crippen LogP contribution in [-0.2, 0) is 6.54 Å². The second-order valence-corrected chi connectivity index (χ2v) is 6.02. The van der Waals surface area contributed by atoms with Crippen molar-refractivity contribution in [3.8, 4) is 11.4 Å². The van der Waals surface area contributed by atoms with E-state index in [4.69, 9.17) is 4.52 Å². The minimum Gasteiger partial charge on any atom is -0.295 e. The van der Waals surface area contributed by atoms with E-state index in [1.807, 2.05) is 12.3 Å². The summed E-state index contributed by atoms with van der Waals surface area (Å²) in [6.45, 7) is 1.94. The van der Waals surface area contributed by atoms with Crippen molar-refractivity contribution in [2.24, 2.45) is 0 Å². The zero-order valence-electron chi connectivity index (χ0n) is 12.5. The lowest BCUT2D eigenvalue weighted by Gasteiger charge is -2.04. The third-order valence-corrected chi connectivity index (χ3v) is 4.50. The van der Waals surface area contributed by atoms with E-state index in [2.05, 4.69) is 15.1 Å². The van der Waals surface area contributed by atoms with E-state index in [0.717, 1.165) is 5.69 Å². The van der Waals surface area contributed by atoms with E-state index >= 15 is 0 Å². The molecule has 0 radical (unpaired) electrons. The van der Waals surface area contributed by atoms with Crippen LogP contribution in [0.15, 0.2) is 50.1 Å². The van der Waals surface area contributed by atoms with Crippen molar-refractivity contribution in [3.05, 3.63) is 68.3 Å². The minimum atomic E-state index is -0.613. The van der Waals surface area contributed by atoms with Crippen LogP contribution in [0.2, 0.25) is 0 Å². The highest BCUT2D eigenvalue weighted by Gasteiger charge is 2.15. The molecule has 4 aromatic rings. The number of rotatable bonds is 3. The fraction of sp³-hybridized carbons (Fsp3) is 0.133. The van der Waals surface area contributed by atoms with Crippen molar-refractivity contribution >= 4 is 16.3 Å². The van der Waals surface area contributed by atoms with Gasteiger partial charge in [-0.25, -0.2) is 9.78 Å². The fourth-order valence-electron chi connectivity index (χ4n) is 2.45. The Kier molecular flexibility index (Phi) is 3.35. The van der Waals surface area contributed by atoms with Crippen LogP contribution in [-0.4, -0.2) is 24.1 Å². The predicted molar refractivity (Wildman–Crippen MR) is 87.2 cm³/mol. The second-order valence-electron chi connectivity index (χ2n) is 5.18. The number of nitrogens with zero attached hydrogens (tertiary/aromatic N) is 5. The smallest absolute Gasteiger partial charge is 0.295 e. The molecule has 0 aliphatic carbocycles. The van der Waals surface area contributed by atoms with E-state index < -0.39 is 5.76 Å². The molecule has 0 aliphatic rings. The van der Waals surface area contributed by atoms with Crippen LogP contribution in [0.4, 0.5) is 0 Å². The summed E-state index contributed by atoms with van der Waals surface area (Å²) in [7, 11) is 0. The average Bonchev–Trinajstić information content (AvgIpc) is 3.13. The Balaban J connectivity index is 1.81. The summed E-state index contributed by atoms with van der Waals surface area (Å²) in [5.41, 5.74) is 1.77. The van der Waals surface area contributed by atoms with Gasteiger partial charge in [0, 0.05) is 35.1 Å². The molecule has 4 rings (SSSR count). The van der Waals surface area contributed by atoms with Gasteiger partial charge in [0.15, 0.2) is 10.8 Å². The van der Waals surface area contributed by atoms with Crippen molar-refractivity contribution in [1.29, 1.82) is 0 Å². The van der Waals surface area contributed by atoms with Crippen LogP contribution in [0.1, 0.15) is 11.4 Å². The molecular weight excluding hydrogens is 330 g/mol. The van der Waals surface area contributed by atoms with Gasteiger partial charge >= 0.3 is 5.76 Å². The Morgan fingerprint density at radius 2 is 2.21 bits per heavy atom. The molecule has 4 heterocycles. The molecule has 120 valence electrons. The molecule has 0 N–H and O–H groups in total. The maximum Gasteiger partial charge on any atom is 0.442 e. The van der Waals surface area contributed by atoms with Gasteiger partial charge in [-0.1, -0.05) is 5.16 Å². The Morgan fingerprint density at radius 3 is 3.00 bits per heavy atom. The first kappa shape index (κ1) is 14.5. The van der Waals surface area contributed by atoms with Crippen molar-refractivity contribution in [1.82, 2.24) is 24.1 Å². The first-order valence-corrected chi connectivity index (χ1v) is 7.95. The molecular formula is C15H11N5O3S. The maximum atomic E-state index is 12.2. The summed E-state index contributed by atoms with van der Waals surface area (Å²) < 4.78 is 7.63. The van der Waals surface area contributed by atoms with Crippen LogP contribution in [0.25, 0.3) is 16.3 Å². The molecule has 0 atom stereocenters. The highest BCUT2D eigenvalue weighted by Crippen LogP contribution is 2.16. The standard InChI is InChI=1S/C15H11N5O3S/c1-9-8-24-14-17-11(5-12(21)20(9)14)7-19-13(18-23-15(19)22)10-3-2-4-16-6-10/h2-6,8H,7H2,1H3. The van der Waals surface area contributed by atoms with E-state index in [0.29, 0.717) is 22.0 Å². The van der Waals surface area contributed by atoms with E-state index in [1.165, 1.54) is 26.4 Å². The Morgan fingerprint density at radius 1 is 1.33 bits per heavy atom. The SMILES string of the molecule is Cc1csc2nc(Cn3c(-c4cccnc4)noc3=O)cc(=O)n12. The molecule has 0 spiro atoms. The molecule has 9 heteroatoms. The van der Waals surface area contributed by atoms with Crippen LogP contribution in [0.5, 0.6) is 0 Å². The number of hydrogen-bond acceptors (Lipinski definition) is 7. The number of hydrogen-bond donors (Lipinski definition) is 0. The average molecular weight is 341 g/mol. The Hall–Kier alpha value is -3.07. The quantitative estimate of drug-likeness (QED) is 0.558. The molecule has 4 aromatic heterocycles. The third-order valence-electron chi connectivity index (χ3n) is 3.55. The van der Waals surface area contributed by atoms with Gasteiger partial charge in [-0.2, -0.15) is 0 Å². The normalized spacial score (nSPS) is 11.2. The summed E-state index contributed by atoms with van der Waals surface area (Å²) in [4.78, 5) is 33.3. The zero-order chi connectivity index (χ0) is 16.7. The van der Waals surface area contributed by atoms with Gasteiger partial charge in [0.2, 0.25) is 0 Å². The van der Waals surface area contributed by atoms with Gasteiger partial charge in [-0.05, 0) is 19.1 Å². The third kappa shape index (κ3) is 2.35. The molecule has 0 fully saturated rings. The molecule has 0 aliphatic heterocycles. The van der Waals surface area contributed by atoms with E-state index in [9.17, 15) is 9.59 Å². The lowest BCUT2D eigenvalue weighted by Crippen LogP contribution is -2.20. The molecule has 0 saturated heterocycles. The monoisotopic (exact) mass is 341 g/mol. The topological polar surface area (TPSA) is 95.3 Å². The molecule has 0 bridgehead atoms. The van der Waals surface area contributed by atoms with Crippen LogP contribution < -0.4 is 11.3 Å². The summed E-state index contributed by atoms with van der Waals surface area (Å²) in [6.07, 6.45) is 3.21. The van der Waals surface area contributed by atoms with E-state index in [1.54, 1.807) is 24.5 Å². The number of pyridine rings is 1. The fourth-order valence-corrected chi connectivity index (χ4v) is 3.34. The summed E-state index contributed by atoms with van der Waals surface area (Å²) in [6, 6.07) is 4.93. The van der Waals surface area contributed by atoms with Crippen LogP contribution in [0.3, 0.4) is 0 Å². The molecule has 8 nitrogen and oxygen atoms in total. The maximum absolute atomic E-state index is 12.2. The van der Waals surface area contributed by atoms with Gasteiger partial charge < -0.3 is 0 Å². The van der Waals surface area contributed by atoms with Gasteiger partial charge in [0.25, 0.3) is 5.56 Å². The van der Waals surface area contributed by atoms with Crippen LogP contribution >= 0.6 is 11.3 Å². The van der Waals surface area contributed by atoms with Gasteiger partial charge in [-0.3, -0.25) is 23.3 Å². The van der Waals surface area contributed by atoms with Crippen molar-refractivity contribution in [2.75, 3.05) is 0 Å².